The molecule has 1 aromatic rings. The molecule has 7 heteroatoms. The summed E-state index contributed by atoms with van der Waals surface area (Å²) in [7, 11) is 3.51. The fraction of sp³-hybridized carbons (Fsp3) is 0.611. The molecule has 0 bridgehead atoms. The highest BCUT2D eigenvalue weighted by atomic mass is 33.1. The van der Waals surface area contributed by atoms with Gasteiger partial charge >= 0.3 is 0 Å². The Morgan fingerprint density at radius 2 is 1.92 bits per heavy atom. The van der Waals surface area contributed by atoms with Gasteiger partial charge in [0.05, 0.1) is 19.8 Å². The molecule has 0 radical (unpaired) electrons. The van der Waals surface area contributed by atoms with Gasteiger partial charge in [0.15, 0.2) is 0 Å². The molecule has 1 aromatic carbocycles. The Balaban J connectivity index is 2.64. The van der Waals surface area contributed by atoms with E-state index in [-0.39, 0.29) is 17.8 Å². The van der Waals surface area contributed by atoms with Crippen LogP contribution in [0, 0.1) is 0 Å². The number of nitrogens with two attached hydrogens (primary N) is 1. The van der Waals surface area contributed by atoms with Crippen molar-refractivity contribution in [3.63, 3.8) is 0 Å². The van der Waals surface area contributed by atoms with Gasteiger partial charge in [0.25, 0.3) is 0 Å². The molecule has 1 atom stereocenters. The van der Waals surface area contributed by atoms with Crippen molar-refractivity contribution in [2.45, 2.75) is 31.9 Å². The largest absolute Gasteiger partial charge is 0.378 e. The van der Waals surface area contributed by atoms with Crippen molar-refractivity contribution in [2.24, 2.45) is 5.73 Å². The first kappa shape index (κ1) is 22.3. The normalized spacial score (nSPS) is 12.4. The first-order valence-corrected chi connectivity index (χ1v) is 11.1. The topological polar surface area (TPSA) is 73.6 Å². The Labute approximate surface area is 159 Å². The van der Waals surface area contributed by atoms with E-state index in [1.807, 2.05) is 6.07 Å². The van der Waals surface area contributed by atoms with E-state index in [4.69, 9.17) is 15.2 Å². The Bertz CT molecular complexity index is 527. The predicted molar refractivity (Wildman–Crippen MR) is 109 cm³/mol. The third-order valence-corrected chi connectivity index (χ3v) is 5.74. The number of ether oxygens (including phenoxy) is 2. The van der Waals surface area contributed by atoms with Crippen molar-refractivity contribution in [3.05, 3.63) is 29.3 Å². The molecule has 1 rings (SSSR count). The third-order valence-electron chi connectivity index (χ3n) is 3.56. The van der Waals surface area contributed by atoms with Crippen molar-refractivity contribution in [1.29, 1.82) is 0 Å². The highest BCUT2D eigenvalue weighted by molar-refractivity contribution is 8.76. The summed E-state index contributed by atoms with van der Waals surface area (Å²) in [5.41, 5.74) is 8.60. The molecule has 0 aliphatic rings. The first-order valence-electron chi connectivity index (χ1n) is 8.48. The maximum Gasteiger partial charge on any atom is 0.250 e. The minimum Gasteiger partial charge on any atom is -0.378 e. The summed E-state index contributed by atoms with van der Waals surface area (Å²) < 4.78 is 10.5. The van der Waals surface area contributed by atoms with Gasteiger partial charge < -0.3 is 20.5 Å². The van der Waals surface area contributed by atoms with Crippen LogP contribution in [0.4, 0.5) is 5.69 Å². The van der Waals surface area contributed by atoms with E-state index < -0.39 is 0 Å². The molecule has 0 aliphatic heterocycles. The highest BCUT2D eigenvalue weighted by Gasteiger charge is 2.15. The number of amides is 1. The average Bonchev–Trinajstić information content (AvgIpc) is 2.58. The summed E-state index contributed by atoms with van der Waals surface area (Å²) in [5, 5.41) is 3.26. The zero-order valence-electron chi connectivity index (χ0n) is 15.5. The Morgan fingerprint density at radius 1 is 1.20 bits per heavy atom. The van der Waals surface area contributed by atoms with Gasteiger partial charge in [-0.2, -0.15) is 0 Å². The van der Waals surface area contributed by atoms with Crippen LogP contribution in [0.25, 0.3) is 0 Å². The predicted octanol–water partition coefficient (Wildman–Crippen LogP) is 3.81. The number of carbonyl (C=O) groups excluding carboxylic acids is 1. The summed E-state index contributed by atoms with van der Waals surface area (Å²) in [5.74, 6) is 0.297. The van der Waals surface area contributed by atoms with E-state index in [0.717, 1.165) is 11.3 Å². The van der Waals surface area contributed by atoms with Gasteiger partial charge in [-0.1, -0.05) is 47.6 Å². The molecule has 1 amide bonds. The molecule has 0 saturated heterocycles. The fourth-order valence-corrected chi connectivity index (χ4v) is 4.01. The Morgan fingerprint density at radius 3 is 2.56 bits per heavy atom. The van der Waals surface area contributed by atoms with E-state index in [2.05, 4.69) is 44.5 Å². The van der Waals surface area contributed by atoms with E-state index in [0.29, 0.717) is 32.3 Å². The number of anilines is 1. The summed E-state index contributed by atoms with van der Waals surface area (Å²) in [6.07, 6.45) is 2.06. The Kier molecular flexibility index (Phi) is 11.2. The molecule has 0 saturated carbocycles. The number of carbonyl (C=O) groups is 1. The van der Waals surface area contributed by atoms with Crippen LogP contribution in [0.1, 0.15) is 43.1 Å². The summed E-state index contributed by atoms with van der Waals surface area (Å²) in [6, 6.07) is 6.25. The van der Waals surface area contributed by atoms with Crippen molar-refractivity contribution in [3.8, 4) is 0 Å². The van der Waals surface area contributed by atoms with Crippen molar-refractivity contribution in [1.82, 2.24) is 0 Å². The molecule has 25 heavy (non-hydrogen) atoms. The van der Waals surface area contributed by atoms with Crippen LogP contribution in [-0.4, -0.2) is 45.1 Å². The van der Waals surface area contributed by atoms with E-state index in [1.54, 1.807) is 21.6 Å². The molecule has 1 unspecified atom stereocenters. The second-order valence-corrected chi connectivity index (χ2v) is 8.72. The van der Waals surface area contributed by atoms with Gasteiger partial charge in [-0.05, 0) is 36.3 Å². The molecule has 0 fully saturated rings. The molecule has 0 aliphatic carbocycles. The van der Waals surface area contributed by atoms with Gasteiger partial charge in [-0.25, -0.2) is 0 Å². The lowest BCUT2D eigenvalue weighted by atomic mass is 9.98. The highest BCUT2D eigenvalue weighted by Crippen LogP contribution is 2.40. The van der Waals surface area contributed by atoms with Crippen molar-refractivity contribution in [2.75, 3.05) is 44.5 Å². The van der Waals surface area contributed by atoms with Crippen LogP contribution >= 0.6 is 21.6 Å². The van der Waals surface area contributed by atoms with Gasteiger partial charge in [-0.15, -0.1) is 0 Å². The monoisotopic (exact) mass is 386 g/mol. The number of benzene rings is 1. The molecule has 0 heterocycles. The molecule has 3 N–H and O–H groups in total. The zero-order valence-corrected chi connectivity index (χ0v) is 17.2. The Hall–Kier alpha value is -0.730. The van der Waals surface area contributed by atoms with E-state index in [9.17, 15) is 4.79 Å². The van der Waals surface area contributed by atoms with Crippen LogP contribution in [0.15, 0.2) is 18.2 Å². The quantitative estimate of drug-likeness (QED) is 0.420. The molecule has 142 valence electrons. The summed E-state index contributed by atoms with van der Waals surface area (Å²) in [4.78, 5) is 12.1. The van der Waals surface area contributed by atoms with Crippen LogP contribution in [0.3, 0.4) is 0 Å². The lowest BCUT2D eigenvalue weighted by molar-refractivity contribution is -0.121. The van der Waals surface area contributed by atoms with Gasteiger partial charge in [0.2, 0.25) is 5.91 Å². The second-order valence-electron chi connectivity index (χ2n) is 5.91. The number of hydrogen-bond donors (Lipinski definition) is 2. The van der Waals surface area contributed by atoms with Crippen molar-refractivity contribution >= 4 is 33.2 Å². The minimum absolute atomic E-state index is 0.0153. The summed E-state index contributed by atoms with van der Waals surface area (Å²) in [6.45, 7) is 8.33. The van der Waals surface area contributed by atoms with E-state index in [1.165, 1.54) is 5.56 Å². The smallest absolute Gasteiger partial charge is 0.250 e. The molecule has 0 spiro atoms. The molecule has 5 nitrogen and oxygen atoms in total. The van der Waals surface area contributed by atoms with Crippen LogP contribution in [0.5, 0.6) is 0 Å². The standard InChI is InChI=1S/C18H30N2O3S2/c1-13(2)15-5-6-17(16(11-15)14(3)25-24-4)20-18(21)12-23-10-9-22-8-7-19/h5-6,11,13-14H,7-10,12,19H2,1-4H3,(H,20,21). The van der Waals surface area contributed by atoms with Crippen LogP contribution in [-0.2, 0) is 14.3 Å². The minimum atomic E-state index is -0.154. The van der Waals surface area contributed by atoms with Crippen LogP contribution in [0.2, 0.25) is 0 Å². The van der Waals surface area contributed by atoms with Crippen LogP contribution < -0.4 is 11.1 Å². The molecular weight excluding hydrogens is 356 g/mol. The first-order chi connectivity index (χ1) is 12.0. The second kappa shape index (κ2) is 12.6. The summed E-state index contributed by atoms with van der Waals surface area (Å²) >= 11 is 0. The van der Waals surface area contributed by atoms with Crippen molar-refractivity contribution < 1.29 is 14.3 Å². The third kappa shape index (κ3) is 8.46. The average molecular weight is 387 g/mol. The number of nitrogens with one attached hydrogen (secondary N) is 1. The molecule has 0 aromatic heterocycles. The number of rotatable bonds is 12. The van der Waals surface area contributed by atoms with Gasteiger partial charge in [-0.3, -0.25) is 4.79 Å². The number of hydrogen-bond acceptors (Lipinski definition) is 6. The molecular formula is C18H30N2O3S2. The SMILES string of the molecule is CSSC(C)c1cc(C(C)C)ccc1NC(=O)COCCOCCN. The maximum atomic E-state index is 12.1. The maximum absolute atomic E-state index is 12.1. The zero-order chi connectivity index (χ0) is 18.7. The van der Waals surface area contributed by atoms with Gasteiger partial charge in [0.1, 0.15) is 6.61 Å². The lowest BCUT2D eigenvalue weighted by Crippen LogP contribution is -2.21. The van der Waals surface area contributed by atoms with E-state index >= 15 is 0 Å². The fourth-order valence-electron chi connectivity index (χ4n) is 2.24. The lowest BCUT2D eigenvalue weighted by Gasteiger charge is -2.18. The van der Waals surface area contributed by atoms with Gasteiger partial charge in [0, 0.05) is 17.5 Å².